The number of likely N-dealkylation sites (N-methyl/N-ethyl adjacent to an activating group) is 1. The Kier molecular flexibility index (Phi) is 8.76. The number of nitrogens with one attached hydrogen (secondary N) is 3. The van der Waals surface area contributed by atoms with Gasteiger partial charge in [0, 0.05) is 55.9 Å². The van der Waals surface area contributed by atoms with Crippen molar-refractivity contribution in [2.75, 3.05) is 50.0 Å². The Morgan fingerprint density at radius 1 is 1.12 bits per heavy atom. The topological polar surface area (TPSA) is 149 Å². The summed E-state index contributed by atoms with van der Waals surface area (Å²) >= 11 is 6.31. The number of carbonyl (C=O) groups is 2. The second kappa shape index (κ2) is 12.6. The molecule has 0 radical (unpaired) electrons. The van der Waals surface area contributed by atoms with Crippen LogP contribution in [0.2, 0.25) is 5.02 Å². The highest BCUT2D eigenvalue weighted by Gasteiger charge is 2.20. The molecule has 1 atom stereocenters. The van der Waals surface area contributed by atoms with Crippen LogP contribution < -0.4 is 26.8 Å². The molecule has 13 heteroatoms. The fourth-order valence-electron chi connectivity index (χ4n) is 4.67. The van der Waals surface area contributed by atoms with E-state index in [1.807, 2.05) is 4.90 Å². The minimum absolute atomic E-state index is 0.130. The zero-order valence-electron chi connectivity index (χ0n) is 22.9. The number of fused-ring (bicyclic) bond motifs is 1. The van der Waals surface area contributed by atoms with Gasteiger partial charge in [0.05, 0.1) is 10.7 Å². The van der Waals surface area contributed by atoms with Crippen molar-refractivity contribution < 1.29 is 14.0 Å². The fraction of sp³-hybridized carbons (Fsp3) is 0.276. The number of aromatic nitrogens is 3. The molecule has 5 N–H and O–H groups in total. The molecular weight excluding hydrogens is 563 g/mol. The third-order valence-corrected chi connectivity index (χ3v) is 7.41. The summed E-state index contributed by atoms with van der Waals surface area (Å²) in [4.78, 5) is 54.8. The van der Waals surface area contributed by atoms with Crippen LogP contribution in [0.3, 0.4) is 0 Å². The summed E-state index contributed by atoms with van der Waals surface area (Å²) in [5, 5.41) is 6.10. The Morgan fingerprint density at radius 2 is 1.90 bits per heavy atom. The smallest absolute Gasteiger partial charge is 0.262 e. The highest BCUT2D eigenvalue weighted by Crippen LogP contribution is 2.24. The number of nitrogens with two attached hydrogens (primary N) is 1. The van der Waals surface area contributed by atoms with Gasteiger partial charge in [-0.25, -0.2) is 9.37 Å². The van der Waals surface area contributed by atoms with Gasteiger partial charge in [0.15, 0.2) is 0 Å². The Labute approximate surface area is 245 Å². The van der Waals surface area contributed by atoms with E-state index >= 15 is 0 Å². The summed E-state index contributed by atoms with van der Waals surface area (Å²) in [6.07, 6.45) is 1.90. The molecule has 0 bridgehead atoms. The molecular formula is C29H30ClFN8O3. The SMILES string of the molecule is CN1CCN(c2ncc3cc(C(=O)Nc4cc(C(=O)N[C@H](CN)Cc5cccc(F)c5)ccc4Cl)c(=O)[nH]c3n2)CC1. The normalized spacial score (nSPS) is 14.5. The predicted octanol–water partition coefficient (Wildman–Crippen LogP) is 2.41. The molecule has 42 heavy (non-hydrogen) atoms. The standard InChI is InChI=1S/C29H30ClFN8O3/c1-38-7-9-39(10-8-38)29-33-16-19-13-22(28(42)36-25(19)37-29)27(41)35-24-14-18(5-6-23(24)30)26(40)34-21(15-32)12-17-3-2-4-20(31)11-17/h2-6,11,13-14,16,21H,7-10,12,15,32H2,1H3,(H,34,40)(H,35,41)(H,33,36,37,42)/t21-/m0/s1. The van der Waals surface area contributed by atoms with Crippen molar-refractivity contribution >= 4 is 46.1 Å². The molecule has 1 fully saturated rings. The number of piperazine rings is 1. The van der Waals surface area contributed by atoms with Crippen LogP contribution in [-0.4, -0.2) is 77.5 Å². The highest BCUT2D eigenvalue weighted by molar-refractivity contribution is 6.34. The average Bonchev–Trinajstić information content (AvgIpc) is 2.97. The Morgan fingerprint density at radius 3 is 2.64 bits per heavy atom. The van der Waals surface area contributed by atoms with Crippen LogP contribution in [-0.2, 0) is 6.42 Å². The lowest BCUT2D eigenvalue weighted by molar-refractivity contribution is 0.0936. The molecule has 1 aliphatic heterocycles. The summed E-state index contributed by atoms with van der Waals surface area (Å²) in [6, 6.07) is 11.4. The van der Waals surface area contributed by atoms with Crippen molar-refractivity contribution in [2.24, 2.45) is 5.73 Å². The molecule has 0 saturated carbocycles. The number of rotatable bonds is 8. The number of benzene rings is 2. The van der Waals surface area contributed by atoms with E-state index in [4.69, 9.17) is 17.3 Å². The van der Waals surface area contributed by atoms with Gasteiger partial charge in [0.2, 0.25) is 5.95 Å². The van der Waals surface area contributed by atoms with Crippen LogP contribution in [0.1, 0.15) is 26.3 Å². The largest absolute Gasteiger partial charge is 0.348 e. The summed E-state index contributed by atoms with van der Waals surface area (Å²) in [5.41, 5.74) is 6.42. The van der Waals surface area contributed by atoms with Crippen molar-refractivity contribution in [1.82, 2.24) is 25.2 Å². The highest BCUT2D eigenvalue weighted by atomic mass is 35.5. The quantitative estimate of drug-likeness (QED) is 0.244. The molecule has 3 heterocycles. The molecule has 2 amide bonds. The van der Waals surface area contributed by atoms with Gasteiger partial charge in [-0.15, -0.1) is 0 Å². The van der Waals surface area contributed by atoms with Gasteiger partial charge in [-0.05, 0) is 55.4 Å². The van der Waals surface area contributed by atoms with Gasteiger partial charge < -0.3 is 31.2 Å². The second-order valence-corrected chi connectivity index (χ2v) is 10.6. The summed E-state index contributed by atoms with van der Waals surface area (Å²) in [6.45, 7) is 3.43. The molecule has 218 valence electrons. The first kappa shape index (κ1) is 29.1. The van der Waals surface area contributed by atoms with E-state index in [0.717, 1.165) is 26.2 Å². The molecule has 0 unspecified atom stereocenters. The van der Waals surface area contributed by atoms with E-state index in [9.17, 15) is 18.8 Å². The zero-order chi connectivity index (χ0) is 29.8. The van der Waals surface area contributed by atoms with Crippen molar-refractivity contribution in [1.29, 1.82) is 0 Å². The number of hydrogen-bond acceptors (Lipinski definition) is 8. The number of halogens is 2. The average molecular weight is 593 g/mol. The Hall–Kier alpha value is -4.39. The minimum Gasteiger partial charge on any atom is -0.348 e. The molecule has 1 aliphatic rings. The number of hydrogen-bond donors (Lipinski definition) is 4. The number of anilines is 2. The maximum absolute atomic E-state index is 13.6. The third-order valence-electron chi connectivity index (χ3n) is 7.08. The molecule has 11 nitrogen and oxygen atoms in total. The van der Waals surface area contributed by atoms with Crippen molar-refractivity contribution in [3.05, 3.63) is 92.6 Å². The van der Waals surface area contributed by atoms with Crippen LogP contribution in [0.4, 0.5) is 16.0 Å². The van der Waals surface area contributed by atoms with E-state index in [-0.39, 0.29) is 34.2 Å². The predicted molar refractivity (Wildman–Crippen MR) is 160 cm³/mol. The lowest BCUT2D eigenvalue weighted by Crippen LogP contribution is -2.45. The number of nitrogens with zero attached hydrogens (tertiary/aromatic N) is 4. The van der Waals surface area contributed by atoms with E-state index in [1.54, 1.807) is 18.3 Å². The maximum Gasteiger partial charge on any atom is 0.262 e. The zero-order valence-corrected chi connectivity index (χ0v) is 23.6. The van der Waals surface area contributed by atoms with Gasteiger partial charge in [0.1, 0.15) is 17.0 Å². The van der Waals surface area contributed by atoms with Gasteiger partial charge in [-0.1, -0.05) is 23.7 Å². The van der Waals surface area contributed by atoms with Crippen LogP contribution in [0, 0.1) is 5.82 Å². The third kappa shape index (κ3) is 6.73. The van der Waals surface area contributed by atoms with Crippen LogP contribution >= 0.6 is 11.6 Å². The maximum atomic E-state index is 13.6. The Balaban J connectivity index is 1.30. The van der Waals surface area contributed by atoms with E-state index in [0.29, 0.717) is 29.0 Å². The number of amides is 2. The minimum atomic E-state index is -0.716. The molecule has 2 aromatic heterocycles. The summed E-state index contributed by atoms with van der Waals surface area (Å²) < 4.78 is 13.6. The number of H-pyrrole nitrogens is 1. The van der Waals surface area contributed by atoms with Crippen molar-refractivity contribution in [2.45, 2.75) is 12.5 Å². The van der Waals surface area contributed by atoms with Gasteiger partial charge in [0.25, 0.3) is 17.4 Å². The molecule has 4 aromatic rings. The molecule has 1 saturated heterocycles. The van der Waals surface area contributed by atoms with Gasteiger partial charge >= 0.3 is 0 Å². The molecule has 0 aliphatic carbocycles. The lowest BCUT2D eigenvalue weighted by atomic mass is 10.1. The lowest BCUT2D eigenvalue weighted by Gasteiger charge is -2.32. The second-order valence-electron chi connectivity index (χ2n) is 10.2. The van der Waals surface area contributed by atoms with E-state index in [2.05, 4.69) is 37.5 Å². The summed E-state index contributed by atoms with van der Waals surface area (Å²) in [5.74, 6) is -1.03. The van der Waals surface area contributed by atoms with E-state index in [1.165, 1.54) is 36.4 Å². The first-order valence-corrected chi connectivity index (χ1v) is 13.8. The van der Waals surface area contributed by atoms with Crippen molar-refractivity contribution in [3.8, 4) is 0 Å². The van der Waals surface area contributed by atoms with Crippen molar-refractivity contribution in [3.63, 3.8) is 0 Å². The van der Waals surface area contributed by atoms with Crippen LogP contribution in [0.25, 0.3) is 11.0 Å². The fourth-order valence-corrected chi connectivity index (χ4v) is 4.84. The number of aromatic amines is 1. The Bertz CT molecular complexity index is 1690. The first-order chi connectivity index (χ1) is 20.2. The van der Waals surface area contributed by atoms with Crippen LogP contribution in [0.5, 0.6) is 0 Å². The summed E-state index contributed by atoms with van der Waals surface area (Å²) in [7, 11) is 2.05. The molecule has 5 rings (SSSR count). The van der Waals surface area contributed by atoms with Gasteiger partial charge in [-0.2, -0.15) is 4.98 Å². The monoisotopic (exact) mass is 592 g/mol. The number of pyridine rings is 1. The van der Waals surface area contributed by atoms with E-state index < -0.39 is 23.4 Å². The molecule has 0 spiro atoms. The first-order valence-electron chi connectivity index (χ1n) is 13.4. The number of carbonyl (C=O) groups excluding carboxylic acids is 2. The molecule has 2 aromatic carbocycles. The van der Waals surface area contributed by atoms with Gasteiger partial charge in [-0.3, -0.25) is 14.4 Å². The van der Waals surface area contributed by atoms with Crippen LogP contribution in [0.15, 0.2) is 59.5 Å².